The Bertz CT molecular complexity index is 505. The van der Waals surface area contributed by atoms with Gasteiger partial charge in [-0.15, -0.1) is 0 Å². The van der Waals surface area contributed by atoms with Crippen LogP contribution in [0.2, 0.25) is 0 Å². The van der Waals surface area contributed by atoms with E-state index in [9.17, 15) is 4.79 Å². The zero-order valence-electron chi connectivity index (χ0n) is 9.52. The number of hydrogen-bond donors (Lipinski definition) is 1. The Balaban J connectivity index is 1.98. The van der Waals surface area contributed by atoms with Crippen molar-refractivity contribution >= 4 is 5.91 Å². The van der Waals surface area contributed by atoms with Crippen LogP contribution in [0.15, 0.2) is 54.6 Å². The Kier molecular flexibility index (Phi) is 3.55. The average Bonchev–Trinajstić information content (AvgIpc) is 2.37. The van der Waals surface area contributed by atoms with Crippen LogP contribution in [-0.2, 0) is 6.54 Å². The monoisotopic (exact) mass is 224 g/mol. The van der Waals surface area contributed by atoms with Gasteiger partial charge in [0.2, 0.25) is 0 Å². The molecule has 0 saturated heterocycles. The van der Waals surface area contributed by atoms with Gasteiger partial charge in [0.25, 0.3) is 5.91 Å². The highest BCUT2D eigenvalue weighted by molar-refractivity contribution is 5.94. The van der Waals surface area contributed by atoms with E-state index in [1.165, 1.54) is 0 Å². The molecule has 0 saturated carbocycles. The highest BCUT2D eigenvalue weighted by Gasteiger charge is 2.04. The van der Waals surface area contributed by atoms with Crippen LogP contribution in [0.3, 0.4) is 0 Å². The standard InChI is InChI=1S/C15H14NO/c1-12-6-5-9-14(10-12)15(17)16-11-13-7-3-2-4-8-13/h2-10H,1,11H2,(H,16,17). The van der Waals surface area contributed by atoms with Gasteiger partial charge in [0.1, 0.15) is 0 Å². The van der Waals surface area contributed by atoms with Gasteiger partial charge in [-0.3, -0.25) is 4.79 Å². The van der Waals surface area contributed by atoms with Crippen molar-refractivity contribution in [1.82, 2.24) is 5.32 Å². The predicted octanol–water partition coefficient (Wildman–Crippen LogP) is 2.80. The minimum atomic E-state index is -0.0700. The van der Waals surface area contributed by atoms with Crippen molar-refractivity contribution in [2.24, 2.45) is 0 Å². The molecular formula is C15H14NO. The second-order valence-corrected chi connectivity index (χ2v) is 3.87. The van der Waals surface area contributed by atoms with Crippen LogP contribution >= 0.6 is 0 Å². The molecule has 1 radical (unpaired) electrons. The molecule has 85 valence electrons. The molecule has 2 nitrogen and oxygen atoms in total. The Hall–Kier alpha value is -2.09. The molecule has 17 heavy (non-hydrogen) atoms. The second-order valence-electron chi connectivity index (χ2n) is 3.87. The SMILES string of the molecule is [CH2]c1cccc(C(=O)NCc2ccccc2)c1. The number of amides is 1. The lowest BCUT2D eigenvalue weighted by Crippen LogP contribution is -2.22. The molecule has 2 aromatic rings. The van der Waals surface area contributed by atoms with Crippen molar-refractivity contribution in [2.75, 3.05) is 0 Å². The number of carbonyl (C=O) groups is 1. The van der Waals surface area contributed by atoms with E-state index in [1.54, 1.807) is 12.1 Å². The molecule has 0 aliphatic rings. The summed E-state index contributed by atoms with van der Waals surface area (Å²) in [4.78, 5) is 11.8. The van der Waals surface area contributed by atoms with Crippen LogP contribution < -0.4 is 5.32 Å². The molecule has 2 rings (SSSR count). The summed E-state index contributed by atoms with van der Waals surface area (Å²) >= 11 is 0. The first-order valence-electron chi connectivity index (χ1n) is 5.50. The molecule has 0 aromatic heterocycles. The first kappa shape index (κ1) is 11.4. The Morgan fingerprint density at radius 2 is 1.82 bits per heavy atom. The molecule has 0 spiro atoms. The largest absolute Gasteiger partial charge is 0.348 e. The van der Waals surface area contributed by atoms with Crippen molar-refractivity contribution in [3.63, 3.8) is 0 Å². The molecule has 0 atom stereocenters. The van der Waals surface area contributed by atoms with E-state index in [-0.39, 0.29) is 5.91 Å². The number of rotatable bonds is 3. The number of hydrogen-bond acceptors (Lipinski definition) is 1. The normalized spacial score (nSPS) is 9.94. The van der Waals surface area contributed by atoms with Crippen LogP contribution in [0.25, 0.3) is 0 Å². The van der Waals surface area contributed by atoms with Gasteiger partial charge in [-0.05, 0) is 30.2 Å². The first-order chi connectivity index (χ1) is 8.25. The molecular weight excluding hydrogens is 210 g/mol. The summed E-state index contributed by atoms with van der Waals surface area (Å²) in [5.41, 5.74) is 2.58. The van der Waals surface area contributed by atoms with Crippen LogP contribution in [0, 0.1) is 6.92 Å². The molecule has 0 aliphatic heterocycles. The van der Waals surface area contributed by atoms with Crippen LogP contribution in [0.1, 0.15) is 21.5 Å². The summed E-state index contributed by atoms with van der Waals surface area (Å²) in [6.07, 6.45) is 0. The molecule has 0 aliphatic carbocycles. The third-order valence-electron chi connectivity index (χ3n) is 2.49. The van der Waals surface area contributed by atoms with Gasteiger partial charge in [0, 0.05) is 12.1 Å². The summed E-state index contributed by atoms with van der Waals surface area (Å²) in [6, 6.07) is 17.1. The number of benzene rings is 2. The van der Waals surface area contributed by atoms with Crippen LogP contribution in [0.5, 0.6) is 0 Å². The maximum atomic E-state index is 11.8. The van der Waals surface area contributed by atoms with Gasteiger partial charge in [0.05, 0.1) is 0 Å². The summed E-state index contributed by atoms with van der Waals surface area (Å²) in [6.45, 7) is 4.34. The lowest BCUT2D eigenvalue weighted by molar-refractivity contribution is 0.0951. The number of nitrogens with one attached hydrogen (secondary N) is 1. The first-order valence-corrected chi connectivity index (χ1v) is 5.50. The van der Waals surface area contributed by atoms with E-state index in [1.807, 2.05) is 42.5 Å². The molecule has 0 unspecified atom stereocenters. The topological polar surface area (TPSA) is 29.1 Å². The summed E-state index contributed by atoms with van der Waals surface area (Å²) < 4.78 is 0. The van der Waals surface area contributed by atoms with Crippen LogP contribution in [0.4, 0.5) is 0 Å². The minimum Gasteiger partial charge on any atom is -0.348 e. The van der Waals surface area contributed by atoms with Crippen molar-refractivity contribution in [3.8, 4) is 0 Å². The smallest absolute Gasteiger partial charge is 0.251 e. The maximum absolute atomic E-state index is 11.8. The third-order valence-corrected chi connectivity index (χ3v) is 2.49. The minimum absolute atomic E-state index is 0.0700. The van der Waals surface area contributed by atoms with Crippen molar-refractivity contribution in [1.29, 1.82) is 0 Å². The summed E-state index contributed by atoms with van der Waals surface area (Å²) in [5.74, 6) is -0.0700. The van der Waals surface area contributed by atoms with Gasteiger partial charge in [-0.1, -0.05) is 42.5 Å². The van der Waals surface area contributed by atoms with E-state index in [0.29, 0.717) is 12.1 Å². The molecule has 1 amide bonds. The molecule has 2 aromatic carbocycles. The fourth-order valence-corrected chi connectivity index (χ4v) is 1.59. The summed E-state index contributed by atoms with van der Waals surface area (Å²) in [5, 5.41) is 2.88. The van der Waals surface area contributed by atoms with E-state index in [0.717, 1.165) is 11.1 Å². The Labute approximate surface area is 101 Å². The lowest BCUT2D eigenvalue weighted by Gasteiger charge is -2.05. The number of carbonyl (C=O) groups excluding carboxylic acids is 1. The fraction of sp³-hybridized carbons (Fsp3) is 0.0667. The van der Waals surface area contributed by atoms with Gasteiger partial charge in [-0.2, -0.15) is 0 Å². The maximum Gasteiger partial charge on any atom is 0.251 e. The zero-order valence-corrected chi connectivity index (χ0v) is 9.52. The molecule has 1 N–H and O–H groups in total. The fourth-order valence-electron chi connectivity index (χ4n) is 1.59. The second kappa shape index (κ2) is 5.30. The molecule has 0 heterocycles. The Morgan fingerprint density at radius 3 is 2.53 bits per heavy atom. The quantitative estimate of drug-likeness (QED) is 0.853. The van der Waals surface area contributed by atoms with E-state index in [4.69, 9.17) is 0 Å². The van der Waals surface area contributed by atoms with E-state index < -0.39 is 0 Å². The molecule has 2 heteroatoms. The van der Waals surface area contributed by atoms with Gasteiger partial charge in [-0.25, -0.2) is 0 Å². The van der Waals surface area contributed by atoms with Crippen LogP contribution in [-0.4, -0.2) is 5.91 Å². The zero-order chi connectivity index (χ0) is 12.1. The van der Waals surface area contributed by atoms with Crippen molar-refractivity contribution in [2.45, 2.75) is 6.54 Å². The summed E-state index contributed by atoms with van der Waals surface area (Å²) in [7, 11) is 0. The third kappa shape index (κ3) is 3.18. The highest BCUT2D eigenvalue weighted by Crippen LogP contribution is 2.04. The van der Waals surface area contributed by atoms with Gasteiger partial charge < -0.3 is 5.32 Å². The van der Waals surface area contributed by atoms with E-state index >= 15 is 0 Å². The lowest BCUT2D eigenvalue weighted by atomic mass is 10.1. The van der Waals surface area contributed by atoms with Crippen molar-refractivity contribution in [3.05, 3.63) is 78.2 Å². The Morgan fingerprint density at radius 1 is 1.06 bits per heavy atom. The predicted molar refractivity (Wildman–Crippen MR) is 68.5 cm³/mol. The van der Waals surface area contributed by atoms with Gasteiger partial charge in [0.15, 0.2) is 0 Å². The van der Waals surface area contributed by atoms with Gasteiger partial charge >= 0.3 is 0 Å². The molecule has 0 fully saturated rings. The highest BCUT2D eigenvalue weighted by atomic mass is 16.1. The van der Waals surface area contributed by atoms with E-state index in [2.05, 4.69) is 12.2 Å². The van der Waals surface area contributed by atoms with Crippen molar-refractivity contribution < 1.29 is 4.79 Å². The average molecular weight is 224 g/mol. The molecule has 0 bridgehead atoms.